The number of rotatable bonds is 7. The Morgan fingerprint density at radius 2 is 1.63 bits per heavy atom. The summed E-state index contributed by atoms with van der Waals surface area (Å²) in [7, 11) is -6.35. The molecule has 11 nitrogen and oxygen atoms in total. The van der Waals surface area contributed by atoms with E-state index in [2.05, 4.69) is 4.18 Å². The van der Waals surface area contributed by atoms with Crippen LogP contribution in [0.2, 0.25) is 18.1 Å². The molecule has 0 spiro atoms. The number of hydrogen-bond acceptors (Lipinski definition) is 9. The molecular weight excluding hydrogens is 684 g/mol. The number of methoxy groups -OCH3 is 2. The number of benzene rings is 1. The van der Waals surface area contributed by atoms with Gasteiger partial charge in [-0.2, -0.15) is 21.6 Å². The molecular formula is C24H30Cl3F3N2O9SSi. The largest absolute Gasteiger partial charge is 0.534 e. The lowest BCUT2D eigenvalue weighted by Gasteiger charge is -2.44. The van der Waals surface area contributed by atoms with E-state index in [4.69, 9.17) is 53.4 Å². The first kappa shape index (κ1) is 35.4. The van der Waals surface area contributed by atoms with Crippen molar-refractivity contribution in [2.45, 2.75) is 66.9 Å². The molecule has 0 saturated heterocycles. The molecule has 0 aliphatic carbocycles. The average Bonchev–Trinajstić information content (AvgIpc) is 3.24. The molecule has 2 aliphatic heterocycles. The van der Waals surface area contributed by atoms with Gasteiger partial charge >= 0.3 is 21.7 Å². The monoisotopic (exact) mass is 712 g/mol. The molecule has 0 bridgehead atoms. The van der Waals surface area contributed by atoms with Gasteiger partial charge in [-0.1, -0.05) is 55.6 Å². The van der Waals surface area contributed by atoms with Gasteiger partial charge in [-0.3, -0.25) is 4.79 Å². The fraction of sp³-hybridized carbons (Fsp3) is 0.583. The smallest absolute Gasteiger partial charge is 0.493 e. The van der Waals surface area contributed by atoms with E-state index >= 15 is 0 Å². The predicted octanol–water partition coefficient (Wildman–Crippen LogP) is 6.30. The molecule has 1 aromatic rings. The van der Waals surface area contributed by atoms with Gasteiger partial charge in [0.25, 0.3) is 5.91 Å². The molecule has 0 fully saturated rings. The Morgan fingerprint density at radius 1 is 1.07 bits per heavy atom. The van der Waals surface area contributed by atoms with Crippen molar-refractivity contribution in [3.05, 3.63) is 29.7 Å². The summed E-state index contributed by atoms with van der Waals surface area (Å²) in [5.41, 5.74) is -6.00. The molecule has 0 unspecified atom stereocenters. The molecule has 242 valence electrons. The number of carbonyl (C=O) groups excluding carboxylic acids is 2. The number of hydrogen-bond donors (Lipinski definition) is 0. The minimum Gasteiger partial charge on any atom is -0.493 e. The summed E-state index contributed by atoms with van der Waals surface area (Å²) in [6.45, 7) is 8.62. The first-order valence-electron chi connectivity index (χ1n) is 12.4. The van der Waals surface area contributed by atoms with Gasteiger partial charge in [-0.25, -0.2) is 9.69 Å². The second-order valence-corrected chi connectivity index (χ2v) is 19.9. The van der Waals surface area contributed by atoms with E-state index < -0.39 is 75.8 Å². The normalized spacial score (nSPS) is 19.7. The summed E-state index contributed by atoms with van der Waals surface area (Å²) in [5, 5.41) is -0.479. The van der Waals surface area contributed by atoms with E-state index in [1.807, 2.05) is 33.9 Å². The molecule has 1 aromatic carbocycles. The quantitative estimate of drug-likeness (QED) is 0.139. The summed E-state index contributed by atoms with van der Waals surface area (Å²) < 4.78 is 88.1. The molecule has 2 heterocycles. The molecule has 0 aromatic heterocycles. The molecule has 0 saturated carbocycles. The Bertz CT molecular complexity index is 1410. The summed E-state index contributed by atoms with van der Waals surface area (Å²) in [6.07, 6.45) is -2.36. The number of alkyl halides is 6. The Kier molecular flexibility index (Phi) is 9.87. The van der Waals surface area contributed by atoms with Gasteiger partial charge < -0.3 is 27.7 Å². The lowest BCUT2D eigenvalue weighted by atomic mass is 10.1. The van der Waals surface area contributed by atoms with Crippen LogP contribution < -0.4 is 14.4 Å². The highest BCUT2D eigenvalue weighted by molar-refractivity contribution is 7.87. The van der Waals surface area contributed by atoms with Crippen LogP contribution in [-0.4, -0.2) is 76.0 Å². The molecule has 43 heavy (non-hydrogen) atoms. The van der Waals surface area contributed by atoms with Crippen molar-refractivity contribution in [1.82, 2.24) is 4.90 Å². The number of halogens is 6. The molecule has 2 amide bonds. The zero-order valence-corrected chi connectivity index (χ0v) is 28.1. The zero-order valence-electron chi connectivity index (χ0n) is 24.0. The van der Waals surface area contributed by atoms with Crippen molar-refractivity contribution in [2.24, 2.45) is 0 Å². The van der Waals surface area contributed by atoms with Crippen molar-refractivity contribution in [3.8, 4) is 11.5 Å². The topological polar surface area (TPSA) is 121 Å². The summed E-state index contributed by atoms with van der Waals surface area (Å²) in [5.74, 6) is -1.37. The fourth-order valence-electron chi connectivity index (χ4n) is 4.01. The van der Waals surface area contributed by atoms with Crippen molar-refractivity contribution in [2.75, 3.05) is 25.7 Å². The first-order chi connectivity index (χ1) is 19.4. The van der Waals surface area contributed by atoms with Crippen LogP contribution in [0.15, 0.2) is 24.1 Å². The summed E-state index contributed by atoms with van der Waals surface area (Å²) >= 11 is 17.4. The van der Waals surface area contributed by atoms with Crippen LogP contribution in [0.4, 0.5) is 23.7 Å². The lowest BCUT2D eigenvalue weighted by Crippen LogP contribution is -2.58. The average molecular weight is 714 g/mol. The van der Waals surface area contributed by atoms with Crippen LogP contribution in [0.3, 0.4) is 0 Å². The highest BCUT2D eigenvalue weighted by Crippen LogP contribution is 2.46. The highest BCUT2D eigenvalue weighted by Gasteiger charge is 2.54. The molecule has 3 rings (SSSR count). The van der Waals surface area contributed by atoms with Crippen LogP contribution in [0.1, 0.15) is 37.6 Å². The maximum Gasteiger partial charge on any atom is 0.534 e. The number of ether oxygens (including phenoxy) is 3. The van der Waals surface area contributed by atoms with E-state index in [1.165, 1.54) is 26.4 Å². The summed E-state index contributed by atoms with van der Waals surface area (Å²) in [6, 6.07) is 1.28. The summed E-state index contributed by atoms with van der Waals surface area (Å²) in [4.78, 5) is 29.6. The van der Waals surface area contributed by atoms with Crippen LogP contribution in [0, 0.1) is 0 Å². The second-order valence-electron chi connectivity index (χ2n) is 11.1. The van der Waals surface area contributed by atoms with Crippen molar-refractivity contribution in [3.63, 3.8) is 0 Å². The number of fused-ring (bicyclic) bond motifs is 2. The SMILES string of the molecule is COc1cc2c(cc1OC)N(C(=O)OCC(Cl)(Cl)Cl)[C@@H](O[Si](C)(C)C(C)(C)C)[C@H]1CC(OS(=O)(=O)C(F)(F)F)=CN1C2=O. The van der Waals surface area contributed by atoms with Crippen LogP contribution in [0.25, 0.3) is 0 Å². The Labute approximate surface area is 262 Å². The van der Waals surface area contributed by atoms with Crippen LogP contribution in [-0.2, 0) is 23.5 Å². The Hall–Kier alpha value is -2.11. The van der Waals surface area contributed by atoms with E-state index in [-0.39, 0.29) is 22.7 Å². The van der Waals surface area contributed by atoms with Gasteiger partial charge in [0, 0.05) is 18.7 Å². The first-order valence-corrected chi connectivity index (χ1v) is 17.9. The van der Waals surface area contributed by atoms with Gasteiger partial charge in [0.1, 0.15) is 12.4 Å². The Morgan fingerprint density at radius 3 is 2.12 bits per heavy atom. The van der Waals surface area contributed by atoms with Crippen molar-refractivity contribution < 1.29 is 54.0 Å². The second kappa shape index (κ2) is 12.0. The van der Waals surface area contributed by atoms with Crippen molar-refractivity contribution >= 4 is 70.9 Å². The maximum atomic E-state index is 14.0. The zero-order chi connectivity index (χ0) is 32.9. The molecule has 2 atom stereocenters. The Balaban J connectivity index is 2.30. The molecule has 2 aliphatic rings. The minimum atomic E-state index is -6.09. The fourth-order valence-corrected chi connectivity index (χ4v) is 5.88. The number of amides is 2. The number of carbonyl (C=O) groups is 2. The molecule has 19 heteroatoms. The third-order valence-electron chi connectivity index (χ3n) is 7.14. The minimum absolute atomic E-state index is 0.0730. The van der Waals surface area contributed by atoms with Crippen LogP contribution >= 0.6 is 34.8 Å². The van der Waals surface area contributed by atoms with Gasteiger partial charge in [0.05, 0.1) is 31.5 Å². The van der Waals surface area contributed by atoms with E-state index in [0.717, 1.165) is 16.0 Å². The van der Waals surface area contributed by atoms with Crippen molar-refractivity contribution in [1.29, 1.82) is 0 Å². The van der Waals surface area contributed by atoms with Crippen LogP contribution in [0.5, 0.6) is 11.5 Å². The standard InChI is InChI=1S/C24H30Cl3F3N2O9SSi/c1-22(2,3)43(6,7)41-20-16-8-13(40-42(35,36)24(28,29)30)11-31(16)19(33)14-9-17(37-4)18(38-5)10-15(14)32(20)21(34)39-12-23(25,26)27/h9-11,16,20H,8,12H2,1-7H3/t16-,20+/m1/s1. The predicted molar refractivity (Wildman–Crippen MR) is 154 cm³/mol. The molecule has 0 N–H and O–H groups in total. The molecule has 0 radical (unpaired) electrons. The third kappa shape index (κ3) is 7.41. The maximum absolute atomic E-state index is 14.0. The highest BCUT2D eigenvalue weighted by atomic mass is 35.6. The van der Waals surface area contributed by atoms with E-state index in [0.29, 0.717) is 0 Å². The number of anilines is 1. The van der Waals surface area contributed by atoms with Gasteiger partial charge in [-0.05, 0) is 24.2 Å². The van der Waals surface area contributed by atoms with Gasteiger partial charge in [0.2, 0.25) is 3.79 Å². The third-order valence-corrected chi connectivity index (χ3v) is 12.9. The van der Waals surface area contributed by atoms with E-state index in [9.17, 15) is 31.2 Å². The number of nitrogens with zero attached hydrogens (tertiary/aromatic N) is 2. The van der Waals surface area contributed by atoms with Gasteiger partial charge in [-0.15, -0.1) is 0 Å². The lowest BCUT2D eigenvalue weighted by molar-refractivity contribution is -0.0523. The van der Waals surface area contributed by atoms with Gasteiger partial charge in [0.15, 0.2) is 26.0 Å². The van der Waals surface area contributed by atoms with E-state index in [1.54, 1.807) is 0 Å².